The summed E-state index contributed by atoms with van der Waals surface area (Å²) >= 11 is 0.898. The first kappa shape index (κ1) is 36.1. The molecule has 0 aliphatic carbocycles. The van der Waals surface area contributed by atoms with Gasteiger partial charge in [0.05, 0.1) is 22.9 Å². The fraction of sp³-hybridized carbons (Fsp3) is 0.464. The predicted octanol–water partition coefficient (Wildman–Crippen LogP) is 7.28. The van der Waals surface area contributed by atoms with Gasteiger partial charge in [0, 0.05) is 38.1 Å². The second-order valence-corrected chi connectivity index (χ2v) is 11.1. The molecule has 0 radical (unpaired) electrons. The van der Waals surface area contributed by atoms with Crippen LogP contribution in [0.2, 0.25) is 0 Å². The van der Waals surface area contributed by atoms with Crippen LogP contribution < -0.4 is 20.3 Å². The zero-order valence-electron chi connectivity index (χ0n) is 25.5. The summed E-state index contributed by atoms with van der Waals surface area (Å²) in [7, 11) is 0. The van der Waals surface area contributed by atoms with E-state index in [4.69, 9.17) is 9.47 Å². The lowest BCUT2D eigenvalue weighted by Gasteiger charge is -2.34. The van der Waals surface area contributed by atoms with Crippen molar-refractivity contribution in [3.8, 4) is 5.88 Å². The Hall–Kier alpha value is -4.35. The van der Waals surface area contributed by atoms with E-state index in [1.165, 1.54) is 11.1 Å². The van der Waals surface area contributed by atoms with Gasteiger partial charge in [-0.2, -0.15) is 30.7 Å². The quantitative estimate of drug-likeness (QED) is 0.261. The molecule has 252 valence electrons. The van der Waals surface area contributed by atoms with E-state index >= 15 is 0 Å². The van der Waals surface area contributed by atoms with E-state index in [1.54, 1.807) is 37.8 Å². The van der Waals surface area contributed by atoms with Gasteiger partial charge in [-0.1, -0.05) is 13.8 Å². The largest absolute Gasteiger partial charge is 0.470 e. The maximum absolute atomic E-state index is 13.2. The van der Waals surface area contributed by atoms with Crippen LogP contribution in [0.25, 0.3) is 0 Å². The molecule has 0 bridgehead atoms. The molecule has 3 aromatic rings. The number of hydrogen-bond donors (Lipinski definition) is 2. The highest BCUT2D eigenvalue weighted by molar-refractivity contribution is 6.99. The average molecular weight is 678 g/mol. The van der Waals surface area contributed by atoms with Crippen molar-refractivity contribution in [2.75, 3.05) is 41.7 Å². The minimum Gasteiger partial charge on any atom is -0.470 e. The number of carbonyl (C=O) groups is 2. The number of ether oxygens (including phenoxy) is 2. The number of rotatable bonds is 6. The van der Waals surface area contributed by atoms with Gasteiger partial charge in [-0.3, -0.25) is 5.32 Å². The Kier molecular flexibility index (Phi) is 11.6. The number of benzene rings is 1. The molecule has 0 spiro atoms. The third kappa shape index (κ3) is 10.3. The molecule has 1 fully saturated rings. The standard InChI is InChI=1S/C26H27F6N7O4S.C2H6/c1-24(2,3)43-23(41)35-19-10-15(4-5-33-19)14-42-21-20(36-44-37-21)38-6-8-39(9-7-38)22(40)34-18-12-16(25(27,28)29)11-17(13-18)26(30,31)32;1-2/h4-5,10-13H,6-9,14H2,1-3H3,(H,34,40)(H,33,35,41);1-2H3. The Morgan fingerprint density at radius 3 is 2.07 bits per heavy atom. The Labute approximate surface area is 265 Å². The van der Waals surface area contributed by atoms with E-state index in [0.29, 0.717) is 23.5 Å². The van der Waals surface area contributed by atoms with E-state index in [1.807, 2.05) is 13.8 Å². The first-order valence-corrected chi connectivity index (χ1v) is 14.7. The summed E-state index contributed by atoms with van der Waals surface area (Å²) in [6.07, 6.45) is -9.25. The minimum atomic E-state index is -5.04. The van der Waals surface area contributed by atoms with Gasteiger partial charge in [-0.25, -0.2) is 14.6 Å². The number of amides is 3. The lowest BCUT2D eigenvalue weighted by Crippen LogP contribution is -2.50. The zero-order valence-corrected chi connectivity index (χ0v) is 26.4. The van der Waals surface area contributed by atoms with E-state index in [-0.39, 0.29) is 50.6 Å². The normalized spacial score (nSPS) is 13.8. The highest BCUT2D eigenvalue weighted by atomic mass is 32.1. The average Bonchev–Trinajstić information content (AvgIpc) is 3.44. The summed E-state index contributed by atoms with van der Waals surface area (Å²) in [4.78, 5) is 31.9. The number of aromatic nitrogens is 3. The van der Waals surface area contributed by atoms with Gasteiger partial charge in [-0.15, -0.1) is 4.37 Å². The van der Waals surface area contributed by atoms with Crippen LogP contribution in [-0.4, -0.2) is 62.5 Å². The van der Waals surface area contributed by atoms with Crippen LogP contribution in [0, 0.1) is 0 Å². The highest BCUT2D eigenvalue weighted by Gasteiger charge is 2.37. The predicted molar refractivity (Wildman–Crippen MR) is 159 cm³/mol. The Morgan fingerprint density at radius 1 is 0.891 bits per heavy atom. The molecule has 11 nitrogen and oxygen atoms in total. The molecule has 2 N–H and O–H groups in total. The van der Waals surface area contributed by atoms with Gasteiger partial charge in [0.2, 0.25) is 5.82 Å². The number of anilines is 3. The van der Waals surface area contributed by atoms with Crippen LogP contribution in [0.5, 0.6) is 5.88 Å². The second-order valence-electron chi connectivity index (χ2n) is 10.6. The van der Waals surface area contributed by atoms with Crippen LogP contribution in [0.4, 0.5) is 53.3 Å². The van der Waals surface area contributed by atoms with Crippen LogP contribution in [0.3, 0.4) is 0 Å². The van der Waals surface area contributed by atoms with Crippen LogP contribution in [0.15, 0.2) is 36.5 Å². The summed E-state index contributed by atoms with van der Waals surface area (Å²) in [5, 5.41) is 4.68. The number of nitrogens with one attached hydrogen (secondary N) is 2. The smallest absolute Gasteiger partial charge is 0.416 e. The summed E-state index contributed by atoms with van der Waals surface area (Å²) in [6, 6.07) is 3.33. The molecule has 4 rings (SSSR count). The third-order valence-corrected chi connectivity index (χ3v) is 6.48. The molecule has 46 heavy (non-hydrogen) atoms. The van der Waals surface area contributed by atoms with Gasteiger partial charge >= 0.3 is 24.5 Å². The van der Waals surface area contributed by atoms with Crippen molar-refractivity contribution in [2.45, 2.75) is 59.2 Å². The number of halogens is 6. The molecule has 2 aromatic heterocycles. The number of carbonyl (C=O) groups excluding carboxylic acids is 2. The van der Waals surface area contributed by atoms with Gasteiger partial charge in [0.15, 0.2) is 0 Å². The van der Waals surface area contributed by atoms with Gasteiger partial charge in [0.1, 0.15) is 18.0 Å². The minimum absolute atomic E-state index is 0.00940. The van der Waals surface area contributed by atoms with E-state index in [0.717, 1.165) is 11.7 Å². The van der Waals surface area contributed by atoms with Crippen molar-refractivity contribution in [3.05, 3.63) is 53.2 Å². The number of pyridine rings is 1. The Balaban J connectivity index is 0.00000282. The van der Waals surface area contributed by atoms with Crippen molar-refractivity contribution in [2.24, 2.45) is 0 Å². The first-order valence-electron chi connectivity index (χ1n) is 14.0. The SMILES string of the molecule is CC.CC(C)(C)OC(=O)Nc1cc(COc2nsnc2N2CCN(C(=O)Nc3cc(C(F)(F)F)cc(C(F)(F)F)c3)CC2)ccn1. The molecule has 0 unspecified atom stereocenters. The van der Waals surface area contributed by atoms with E-state index in [9.17, 15) is 35.9 Å². The monoisotopic (exact) mass is 677 g/mol. The molecule has 1 aromatic carbocycles. The Morgan fingerprint density at radius 2 is 1.50 bits per heavy atom. The lowest BCUT2D eigenvalue weighted by molar-refractivity contribution is -0.143. The van der Waals surface area contributed by atoms with Crippen molar-refractivity contribution < 1.29 is 45.4 Å². The lowest BCUT2D eigenvalue weighted by atomic mass is 10.1. The van der Waals surface area contributed by atoms with Crippen molar-refractivity contribution >= 4 is 41.2 Å². The molecular formula is C28H33F6N7O4S. The maximum Gasteiger partial charge on any atom is 0.416 e. The summed E-state index contributed by atoms with van der Waals surface area (Å²) in [6.45, 7) is 9.92. The topological polar surface area (TPSA) is 122 Å². The van der Waals surface area contributed by atoms with Gasteiger partial charge < -0.3 is 24.6 Å². The van der Waals surface area contributed by atoms with Crippen molar-refractivity contribution in [3.63, 3.8) is 0 Å². The van der Waals surface area contributed by atoms with E-state index in [2.05, 4.69) is 24.4 Å². The maximum atomic E-state index is 13.2. The zero-order chi connectivity index (χ0) is 34.3. The summed E-state index contributed by atoms with van der Waals surface area (Å²) < 4.78 is 98.5. The van der Waals surface area contributed by atoms with Crippen molar-refractivity contribution in [1.29, 1.82) is 0 Å². The molecule has 1 aliphatic rings. The number of nitrogens with zero attached hydrogens (tertiary/aromatic N) is 5. The van der Waals surface area contributed by atoms with Crippen molar-refractivity contribution in [1.82, 2.24) is 18.6 Å². The second kappa shape index (κ2) is 14.8. The molecule has 0 saturated carbocycles. The van der Waals surface area contributed by atoms with E-state index < -0.39 is 46.9 Å². The first-order chi connectivity index (χ1) is 21.5. The van der Waals surface area contributed by atoms with Gasteiger partial charge in [-0.05, 0) is 56.7 Å². The third-order valence-electron chi connectivity index (χ3n) is 5.98. The summed E-state index contributed by atoms with van der Waals surface area (Å²) in [5.74, 6) is 0.880. The highest BCUT2D eigenvalue weighted by Crippen LogP contribution is 2.37. The summed E-state index contributed by atoms with van der Waals surface area (Å²) in [5.41, 5.74) is -3.71. The number of hydrogen-bond acceptors (Lipinski definition) is 9. The molecule has 1 aliphatic heterocycles. The molecular weight excluding hydrogens is 644 g/mol. The number of urea groups is 1. The molecule has 3 amide bonds. The van der Waals surface area contributed by atoms with Gasteiger partial charge in [0.25, 0.3) is 5.88 Å². The molecule has 18 heteroatoms. The molecule has 1 saturated heterocycles. The van der Waals surface area contributed by atoms with Crippen LogP contribution >= 0.6 is 11.7 Å². The van der Waals surface area contributed by atoms with Crippen LogP contribution in [-0.2, 0) is 23.7 Å². The molecule has 0 atom stereocenters. The number of alkyl halides is 6. The molecule has 3 heterocycles. The fourth-order valence-corrected chi connectivity index (χ4v) is 4.52. The number of piperazine rings is 1. The fourth-order valence-electron chi connectivity index (χ4n) is 4.00. The van der Waals surface area contributed by atoms with Crippen LogP contribution in [0.1, 0.15) is 51.3 Å². The Bertz CT molecular complexity index is 1450.